The van der Waals surface area contributed by atoms with Gasteiger partial charge in [-0.15, -0.1) is 0 Å². The number of para-hydroxylation sites is 1. The number of carbonyl (C=O) groups excluding carboxylic acids is 1. The van der Waals surface area contributed by atoms with E-state index in [0.717, 1.165) is 22.5 Å². The van der Waals surface area contributed by atoms with Crippen molar-refractivity contribution in [2.75, 3.05) is 6.61 Å². The summed E-state index contributed by atoms with van der Waals surface area (Å²) >= 11 is 5.78. The zero-order valence-corrected chi connectivity index (χ0v) is 18.1. The smallest absolute Gasteiger partial charge is 0.312 e. The van der Waals surface area contributed by atoms with Crippen molar-refractivity contribution in [2.45, 2.75) is 6.54 Å². The van der Waals surface area contributed by atoms with Crippen LogP contribution in [0.1, 0.15) is 11.1 Å². The number of nitro groups is 1. The largest absolute Gasteiger partial charge is 0.477 e. The van der Waals surface area contributed by atoms with Crippen molar-refractivity contribution in [3.8, 4) is 5.75 Å². The highest BCUT2D eigenvalue weighted by Crippen LogP contribution is 2.29. The fraction of sp³-hybridized carbons (Fsp3) is 0.0833. The minimum Gasteiger partial charge on any atom is -0.477 e. The molecule has 0 radical (unpaired) electrons. The molecule has 0 atom stereocenters. The van der Waals surface area contributed by atoms with Gasteiger partial charge in [-0.3, -0.25) is 14.9 Å². The van der Waals surface area contributed by atoms with Crippen LogP contribution in [0.25, 0.3) is 10.9 Å². The molecule has 0 spiro atoms. The molecule has 0 fully saturated rings. The van der Waals surface area contributed by atoms with Crippen molar-refractivity contribution < 1.29 is 14.5 Å². The maximum Gasteiger partial charge on any atom is 0.312 e. The summed E-state index contributed by atoms with van der Waals surface area (Å²) in [5.74, 6) is -0.601. The first kappa shape index (κ1) is 22.0. The number of fused-ring (bicyclic) bond motifs is 1. The molecular formula is C24H19ClN4O4. The quantitative estimate of drug-likeness (QED) is 0.231. The average Bonchev–Trinajstić information content (AvgIpc) is 3.16. The van der Waals surface area contributed by atoms with Crippen molar-refractivity contribution in [3.63, 3.8) is 0 Å². The van der Waals surface area contributed by atoms with E-state index >= 15 is 0 Å². The number of halogens is 1. The molecule has 1 aromatic heterocycles. The molecular weight excluding hydrogens is 444 g/mol. The van der Waals surface area contributed by atoms with Gasteiger partial charge < -0.3 is 9.30 Å². The summed E-state index contributed by atoms with van der Waals surface area (Å²) in [6, 6.07) is 22.0. The average molecular weight is 463 g/mol. The molecule has 166 valence electrons. The molecule has 1 amide bonds. The maximum atomic E-state index is 12.1. The topological polar surface area (TPSA) is 98.8 Å². The summed E-state index contributed by atoms with van der Waals surface area (Å²) in [4.78, 5) is 22.6. The number of hydrogen-bond donors (Lipinski definition) is 1. The van der Waals surface area contributed by atoms with Gasteiger partial charge in [-0.2, -0.15) is 5.10 Å². The molecule has 1 N–H and O–H groups in total. The Kier molecular flexibility index (Phi) is 6.66. The molecule has 4 aromatic rings. The molecule has 0 aliphatic heterocycles. The van der Waals surface area contributed by atoms with E-state index in [1.807, 2.05) is 48.7 Å². The van der Waals surface area contributed by atoms with Crippen LogP contribution in [-0.2, 0) is 11.3 Å². The van der Waals surface area contributed by atoms with Crippen LogP contribution >= 0.6 is 11.6 Å². The lowest BCUT2D eigenvalue weighted by molar-refractivity contribution is -0.385. The Labute approximate surface area is 194 Å². The normalized spacial score (nSPS) is 11.1. The van der Waals surface area contributed by atoms with Crippen molar-refractivity contribution in [1.82, 2.24) is 9.99 Å². The Hall–Kier alpha value is -4.17. The van der Waals surface area contributed by atoms with Gasteiger partial charge in [-0.05, 0) is 23.8 Å². The van der Waals surface area contributed by atoms with Crippen LogP contribution in [-0.4, -0.2) is 28.2 Å². The van der Waals surface area contributed by atoms with Gasteiger partial charge in [0.25, 0.3) is 5.91 Å². The number of nitro benzene ring substituents is 1. The van der Waals surface area contributed by atoms with Crippen LogP contribution in [0, 0.1) is 10.1 Å². The molecule has 0 saturated heterocycles. The minimum atomic E-state index is -0.623. The number of aromatic nitrogens is 1. The molecule has 0 bridgehead atoms. The first-order chi connectivity index (χ1) is 16.0. The lowest BCUT2D eigenvalue weighted by atomic mass is 10.2. The van der Waals surface area contributed by atoms with E-state index in [4.69, 9.17) is 16.3 Å². The number of hydrazone groups is 1. The summed E-state index contributed by atoms with van der Waals surface area (Å²) in [6.07, 6.45) is 3.54. The van der Waals surface area contributed by atoms with E-state index in [-0.39, 0.29) is 16.5 Å². The Morgan fingerprint density at radius 2 is 1.88 bits per heavy atom. The van der Waals surface area contributed by atoms with Crippen LogP contribution in [0.5, 0.6) is 5.75 Å². The minimum absolute atomic E-state index is 0.0486. The zero-order chi connectivity index (χ0) is 23.2. The first-order valence-electron chi connectivity index (χ1n) is 10.0. The van der Waals surface area contributed by atoms with Crippen LogP contribution < -0.4 is 10.2 Å². The van der Waals surface area contributed by atoms with Gasteiger partial charge in [0.1, 0.15) is 0 Å². The van der Waals surface area contributed by atoms with E-state index < -0.39 is 17.4 Å². The van der Waals surface area contributed by atoms with Gasteiger partial charge in [0.05, 0.1) is 11.1 Å². The number of hydrogen-bond acceptors (Lipinski definition) is 5. The summed E-state index contributed by atoms with van der Waals surface area (Å²) in [5.41, 5.74) is 5.13. The van der Waals surface area contributed by atoms with Gasteiger partial charge in [0, 0.05) is 40.3 Å². The Morgan fingerprint density at radius 1 is 1.12 bits per heavy atom. The second-order valence-corrected chi connectivity index (χ2v) is 7.60. The van der Waals surface area contributed by atoms with E-state index in [0.29, 0.717) is 6.54 Å². The van der Waals surface area contributed by atoms with Crippen molar-refractivity contribution in [2.24, 2.45) is 5.10 Å². The summed E-state index contributed by atoms with van der Waals surface area (Å²) in [5, 5.41) is 16.3. The van der Waals surface area contributed by atoms with Crippen molar-refractivity contribution in [1.29, 1.82) is 0 Å². The molecule has 0 saturated carbocycles. The number of nitrogens with zero attached hydrogens (tertiary/aromatic N) is 3. The number of ether oxygens (including phenoxy) is 1. The fourth-order valence-corrected chi connectivity index (χ4v) is 3.56. The summed E-state index contributed by atoms with van der Waals surface area (Å²) in [6.45, 7) is 0.269. The predicted octanol–water partition coefficient (Wildman–Crippen LogP) is 4.78. The zero-order valence-electron chi connectivity index (χ0n) is 17.3. The van der Waals surface area contributed by atoms with Crippen molar-refractivity contribution in [3.05, 3.63) is 105 Å². The van der Waals surface area contributed by atoms with Gasteiger partial charge in [0.15, 0.2) is 12.4 Å². The number of rotatable bonds is 8. The van der Waals surface area contributed by atoms with Crippen LogP contribution in [0.2, 0.25) is 5.02 Å². The van der Waals surface area contributed by atoms with Gasteiger partial charge in [0.2, 0.25) is 0 Å². The highest BCUT2D eigenvalue weighted by molar-refractivity contribution is 6.30. The standard InChI is InChI=1S/C24H19ClN4O4/c25-19-10-11-23(22(12-19)29(31)32)33-16-24(30)27-26-13-18-15-28(14-17-6-2-1-3-7-17)21-9-5-4-8-20(18)21/h1-13,15H,14,16H2,(H,27,30). The molecule has 33 heavy (non-hydrogen) atoms. The summed E-state index contributed by atoms with van der Waals surface area (Å²) < 4.78 is 7.39. The van der Waals surface area contributed by atoms with Crippen LogP contribution in [0.3, 0.4) is 0 Å². The molecule has 0 unspecified atom stereocenters. The molecule has 3 aromatic carbocycles. The molecule has 8 nitrogen and oxygen atoms in total. The number of nitrogens with one attached hydrogen (secondary N) is 1. The molecule has 1 heterocycles. The highest BCUT2D eigenvalue weighted by Gasteiger charge is 2.16. The third-order valence-corrected chi connectivity index (χ3v) is 5.12. The van der Waals surface area contributed by atoms with Gasteiger partial charge >= 0.3 is 5.69 Å². The third kappa shape index (κ3) is 5.36. The predicted molar refractivity (Wildman–Crippen MR) is 127 cm³/mol. The van der Waals surface area contributed by atoms with E-state index in [9.17, 15) is 14.9 Å². The van der Waals surface area contributed by atoms with Gasteiger partial charge in [-0.25, -0.2) is 5.43 Å². The maximum absolute atomic E-state index is 12.1. The van der Waals surface area contributed by atoms with Crippen LogP contribution in [0.4, 0.5) is 5.69 Å². The number of amides is 1. The van der Waals surface area contributed by atoms with Gasteiger partial charge in [-0.1, -0.05) is 60.1 Å². The molecule has 9 heteroatoms. The highest BCUT2D eigenvalue weighted by atomic mass is 35.5. The second kappa shape index (κ2) is 9.97. The number of carbonyl (C=O) groups is 1. The Bertz CT molecular complexity index is 1340. The lowest BCUT2D eigenvalue weighted by Crippen LogP contribution is -2.24. The third-order valence-electron chi connectivity index (χ3n) is 4.88. The monoisotopic (exact) mass is 462 g/mol. The number of benzene rings is 3. The van der Waals surface area contributed by atoms with E-state index in [1.165, 1.54) is 17.7 Å². The van der Waals surface area contributed by atoms with Crippen molar-refractivity contribution >= 4 is 40.3 Å². The Morgan fingerprint density at radius 3 is 2.67 bits per heavy atom. The molecule has 4 rings (SSSR count). The van der Waals surface area contributed by atoms with E-state index in [1.54, 1.807) is 6.21 Å². The Balaban J connectivity index is 1.43. The van der Waals surface area contributed by atoms with Crippen LogP contribution in [0.15, 0.2) is 84.1 Å². The molecule has 0 aliphatic rings. The van der Waals surface area contributed by atoms with E-state index in [2.05, 4.69) is 27.2 Å². The fourth-order valence-electron chi connectivity index (χ4n) is 3.39. The lowest BCUT2D eigenvalue weighted by Gasteiger charge is -2.05. The molecule has 0 aliphatic carbocycles. The first-order valence-corrected chi connectivity index (χ1v) is 10.4. The SMILES string of the molecule is O=C(COc1ccc(Cl)cc1[N+](=O)[O-])NN=Cc1cn(Cc2ccccc2)c2ccccc12. The summed E-state index contributed by atoms with van der Waals surface area (Å²) in [7, 11) is 0. The second-order valence-electron chi connectivity index (χ2n) is 7.17.